The third-order valence-corrected chi connectivity index (χ3v) is 4.80. The molecule has 0 spiro atoms. The van der Waals surface area contributed by atoms with Gasteiger partial charge in [0.05, 0.1) is 13.3 Å². The zero-order chi connectivity index (χ0) is 11.5. The predicted molar refractivity (Wildman–Crippen MR) is 61.7 cm³/mol. The third kappa shape index (κ3) is 3.08. The Morgan fingerprint density at radius 2 is 2.00 bits per heavy atom. The highest BCUT2D eigenvalue weighted by Crippen LogP contribution is 2.50. The van der Waals surface area contributed by atoms with Crippen molar-refractivity contribution in [2.45, 2.75) is 25.7 Å². The molecule has 1 N–H and O–H groups in total. The van der Waals surface area contributed by atoms with E-state index in [1.165, 1.54) is 0 Å². The molecule has 4 heteroatoms. The van der Waals surface area contributed by atoms with Crippen LogP contribution in [0.15, 0.2) is 24.3 Å². The van der Waals surface area contributed by atoms with Crippen LogP contribution in [0, 0.1) is 0 Å². The lowest BCUT2D eigenvalue weighted by Crippen LogP contribution is -2.01. The van der Waals surface area contributed by atoms with E-state index in [0.717, 1.165) is 5.56 Å². The maximum atomic E-state index is 11.9. The van der Waals surface area contributed by atoms with Gasteiger partial charge in [0.1, 0.15) is 5.75 Å². The number of rotatable bonds is 4. The van der Waals surface area contributed by atoms with Crippen molar-refractivity contribution < 1.29 is 14.2 Å². The summed E-state index contributed by atoms with van der Waals surface area (Å²) in [4.78, 5) is 9.77. The minimum absolute atomic E-state index is 0.175. The Hall–Kier alpha value is -0.790. The second kappa shape index (κ2) is 4.82. The molecule has 1 aromatic rings. The summed E-state index contributed by atoms with van der Waals surface area (Å²) in [5.41, 5.74) is 0.571. The number of hydrogen-bond acceptors (Lipinski definition) is 2. The molecule has 84 valence electrons. The molecule has 1 atom stereocenters. The fraction of sp³-hybridized carbons (Fsp3) is 0.455. The molecule has 0 saturated carbocycles. The minimum Gasteiger partial charge on any atom is -0.496 e. The Bertz CT molecular complexity index is 374. The molecule has 0 aliphatic rings. The lowest BCUT2D eigenvalue weighted by Gasteiger charge is -2.16. The smallest absolute Gasteiger partial charge is 0.207 e. The number of hydrogen-bond donors (Lipinski definition) is 1. The van der Waals surface area contributed by atoms with Gasteiger partial charge in [0.15, 0.2) is 0 Å². The van der Waals surface area contributed by atoms with Gasteiger partial charge in [-0.2, -0.15) is 0 Å². The summed E-state index contributed by atoms with van der Waals surface area (Å²) in [6.07, 6.45) is 0.175. The van der Waals surface area contributed by atoms with Gasteiger partial charge in [0.2, 0.25) is 7.37 Å². The molecule has 3 nitrogen and oxygen atoms in total. The van der Waals surface area contributed by atoms with Gasteiger partial charge in [0, 0.05) is 11.2 Å². The maximum Gasteiger partial charge on any atom is 0.207 e. The largest absolute Gasteiger partial charge is 0.496 e. The first kappa shape index (κ1) is 12.3. The molecule has 1 aromatic carbocycles. The summed E-state index contributed by atoms with van der Waals surface area (Å²) in [7, 11) is -1.54. The van der Waals surface area contributed by atoms with E-state index in [2.05, 4.69) is 0 Å². The van der Waals surface area contributed by atoms with E-state index in [1.54, 1.807) is 27.0 Å². The summed E-state index contributed by atoms with van der Waals surface area (Å²) in [6, 6.07) is 7.32. The van der Waals surface area contributed by atoms with Crippen LogP contribution in [0.1, 0.15) is 19.4 Å². The molecule has 0 aliphatic heterocycles. The van der Waals surface area contributed by atoms with E-state index in [-0.39, 0.29) is 11.8 Å². The van der Waals surface area contributed by atoms with E-state index in [4.69, 9.17) is 4.74 Å². The monoisotopic (exact) mass is 228 g/mol. The lowest BCUT2D eigenvalue weighted by atomic mass is 10.2. The van der Waals surface area contributed by atoms with E-state index in [9.17, 15) is 9.46 Å². The molecule has 0 saturated heterocycles. The first-order valence-corrected chi connectivity index (χ1v) is 6.82. The van der Waals surface area contributed by atoms with Crippen molar-refractivity contribution >= 4 is 7.37 Å². The highest BCUT2D eigenvalue weighted by atomic mass is 31.2. The molecule has 0 bridgehead atoms. The van der Waals surface area contributed by atoms with Crippen LogP contribution in [-0.4, -0.2) is 17.7 Å². The van der Waals surface area contributed by atoms with Crippen molar-refractivity contribution in [3.63, 3.8) is 0 Å². The van der Waals surface area contributed by atoms with Gasteiger partial charge in [-0.05, 0) is 6.07 Å². The topological polar surface area (TPSA) is 46.5 Å². The van der Waals surface area contributed by atoms with E-state index in [1.807, 2.05) is 18.2 Å². The van der Waals surface area contributed by atoms with Crippen LogP contribution in [0.25, 0.3) is 0 Å². The number of ether oxygens (including phenoxy) is 1. The van der Waals surface area contributed by atoms with Crippen molar-refractivity contribution in [1.82, 2.24) is 0 Å². The van der Waals surface area contributed by atoms with Crippen LogP contribution in [0.4, 0.5) is 0 Å². The fourth-order valence-electron chi connectivity index (χ4n) is 1.26. The highest BCUT2D eigenvalue weighted by molar-refractivity contribution is 7.57. The second-order valence-electron chi connectivity index (χ2n) is 3.82. The predicted octanol–water partition coefficient (Wildman–Crippen LogP) is 2.87. The molecule has 0 aromatic heterocycles. The van der Waals surface area contributed by atoms with E-state index in [0.29, 0.717) is 5.75 Å². The van der Waals surface area contributed by atoms with Gasteiger partial charge in [-0.1, -0.05) is 32.0 Å². The molecule has 0 aliphatic carbocycles. The first-order chi connectivity index (χ1) is 6.97. The molecular formula is C11H17O3P. The maximum absolute atomic E-state index is 11.9. The summed E-state index contributed by atoms with van der Waals surface area (Å²) in [6.45, 7) is 3.52. The minimum atomic E-state index is -3.11. The van der Waals surface area contributed by atoms with Crippen LogP contribution < -0.4 is 4.74 Å². The van der Waals surface area contributed by atoms with Gasteiger partial charge < -0.3 is 9.63 Å². The Balaban J connectivity index is 2.94. The second-order valence-corrected chi connectivity index (χ2v) is 6.68. The lowest BCUT2D eigenvalue weighted by molar-refractivity contribution is 0.409. The van der Waals surface area contributed by atoms with Gasteiger partial charge in [-0.25, -0.2) is 0 Å². The van der Waals surface area contributed by atoms with Crippen LogP contribution >= 0.6 is 7.37 Å². The number of benzene rings is 1. The van der Waals surface area contributed by atoms with Gasteiger partial charge >= 0.3 is 0 Å². The van der Waals surface area contributed by atoms with Crippen molar-refractivity contribution in [3.05, 3.63) is 29.8 Å². The summed E-state index contributed by atoms with van der Waals surface area (Å²) in [5, 5.41) is 0. The highest BCUT2D eigenvalue weighted by Gasteiger charge is 2.24. The summed E-state index contributed by atoms with van der Waals surface area (Å²) < 4.78 is 17.0. The Morgan fingerprint density at radius 1 is 1.40 bits per heavy atom. The summed E-state index contributed by atoms with van der Waals surface area (Å²) >= 11 is 0. The molecule has 1 rings (SSSR count). The zero-order valence-electron chi connectivity index (χ0n) is 9.30. The standard InChI is InChI=1S/C11H17O3P/c1-9(2)15(12,13)8-10-6-4-5-7-11(10)14-3/h4-7,9H,8H2,1-3H3,(H,12,13). The molecule has 15 heavy (non-hydrogen) atoms. The quantitative estimate of drug-likeness (QED) is 0.806. The van der Waals surface area contributed by atoms with Crippen LogP contribution in [0.2, 0.25) is 0 Å². The van der Waals surface area contributed by atoms with Gasteiger partial charge in [0.25, 0.3) is 0 Å². The zero-order valence-corrected chi connectivity index (χ0v) is 10.2. The molecule has 0 heterocycles. The number of para-hydroxylation sites is 1. The van der Waals surface area contributed by atoms with E-state index >= 15 is 0 Å². The molecule has 1 unspecified atom stereocenters. The molecule has 0 amide bonds. The normalized spacial score (nSPS) is 15.0. The first-order valence-electron chi connectivity index (χ1n) is 4.90. The third-order valence-electron chi connectivity index (χ3n) is 2.40. The Morgan fingerprint density at radius 3 is 2.53 bits per heavy atom. The Labute approximate surface area is 90.5 Å². The Kier molecular flexibility index (Phi) is 3.95. The van der Waals surface area contributed by atoms with Crippen molar-refractivity contribution in [1.29, 1.82) is 0 Å². The SMILES string of the molecule is COc1ccccc1CP(=O)(O)C(C)C. The van der Waals surface area contributed by atoms with Crippen LogP contribution in [0.3, 0.4) is 0 Å². The molecular weight excluding hydrogens is 211 g/mol. The average Bonchev–Trinajstić information content (AvgIpc) is 2.18. The van der Waals surface area contributed by atoms with Gasteiger partial charge in [-0.15, -0.1) is 0 Å². The van der Waals surface area contributed by atoms with Crippen molar-refractivity contribution in [2.24, 2.45) is 0 Å². The van der Waals surface area contributed by atoms with E-state index < -0.39 is 7.37 Å². The fourth-order valence-corrected chi connectivity index (χ4v) is 2.37. The van der Waals surface area contributed by atoms with Crippen LogP contribution in [0.5, 0.6) is 5.75 Å². The van der Waals surface area contributed by atoms with Crippen LogP contribution in [-0.2, 0) is 10.7 Å². The molecule has 0 fully saturated rings. The van der Waals surface area contributed by atoms with Crippen molar-refractivity contribution in [2.75, 3.05) is 7.11 Å². The number of methoxy groups -OCH3 is 1. The molecule has 0 radical (unpaired) electrons. The summed E-state index contributed by atoms with van der Waals surface area (Å²) in [5.74, 6) is 0.674. The van der Waals surface area contributed by atoms with Gasteiger partial charge in [-0.3, -0.25) is 4.57 Å². The van der Waals surface area contributed by atoms with Crippen molar-refractivity contribution in [3.8, 4) is 5.75 Å². The average molecular weight is 228 g/mol.